The van der Waals surface area contributed by atoms with Crippen molar-refractivity contribution in [2.75, 3.05) is 39.8 Å². The molecule has 0 aromatic heterocycles. The van der Waals surface area contributed by atoms with Gasteiger partial charge in [0.05, 0.1) is 6.54 Å². The molecule has 2 rings (SSSR count). The summed E-state index contributed by atoms with van der Waals surface area (Å²) in [7, 11) is 2.07. The molecule has 2 heterocycles. The number of rotatable bonds is 3. The normalized spacial score (nSPS) is 30.3. The number of carbonyl (C=O) groups is 1. The highest BCUT2D eigenvalue weighted by atomic mass is 16.2. The molecule has 0 aliphatic carbocycles. The third-order valence-electron chi connectivity index (χ3n) is 3.89. The lowest BCUT2D eigenvalue weighted by Gasteiger charge is -2.28. The molecule has 0 saturated carbocycles. The summed E-state index contributed by atoms with van der Waals surface area (Å²) in [4.78, 5) is 16.2. The first kappa shape index (κ1) is 11.9. The quantitative estimate of drug-likeness (QED) is 0.742. The molecule has 16 heavy (non-hydrogen) atoms. The highest BCUT2D eigenvalue weighted by molar-refractivity contribution is 5.78. The number of likely N-dealkylation sites (N-methyl/N-ethyl adjacent to an activating group) is 1. The van der Waals surface area contributed by atoms with E-state index in [1.54, 1.807) is 0 Å². The molecule has 2 saturated heterocycles. The standard InChI is InChI=1S/C12H23N3O/c1-10-7-13-8-11(10)14(2)9-12(16)15-5-3-4-6-15/h10-11,13H,3-9H2,1-2H3. The van der Waals surface area contributed by atoms with E-state index >= 15 is 0 Å². The summed E-state index contributed by atoms with van der Waals surface area (Å²) in [6, 6.07) is 0.520. The van der Waals surface area contributed by atoms with E-state index in [-0.39, 0.29) is 0 Å². The summed E-state index contributed by atoms with van der Waals surface area (Å²) in [6.07, 6.45) is 2.35. The SMILES string of the molecule is CC1CNCC1N(C)CC(=O)N1CCCC1. The molecule has 0 aromatic rings. The number of hydrogen-bond acceptors (Lipinski definition) is 3. The molecular weight excluding hydrogens is 202 g/mol. The zero-order valence-corrected chi connectivity index (χ0v) is 10.4. The largest absolute Gasteiger partial charge is 0.342 e. The van der Waals surface area contributed by atoms with Crippen molar-refractivity contribution < 1.29 is 4.79 Å². The second kappa shape index (κ2) is 5.15. The van der Waals surface area contributed by atoms with Gasteiger partial charge in [0.1, 0.15) is 0 Å². The van der Waals surface area contributed by atoms with Crippen LogP contribution in [0.4, 0.5) is 0 Å². The molecule has 1 amide bonds. The Balaban J connectivity index is 1.81. The van der Waals surface area contributed by atoms with Gasteiger partial charge < -0.3 is 10.2 Å². The van der Waals surface area contributed by atoms with Crippen LogP contribution >= 0.6 is 0 Å². The minimum absolute atomic E-state index is 0.305. The molecule has 1 N–H and O–H groups in total. The van der Waals surface area contributed by atoms with Crippen LogP contribution in [0.2, 0.25) is 0 Å². The Morgan fingerprint density at radius 1 is 1.38 bits per heavy atom. The van der Waals surface area contributed by atoms with Crippen LogP contribution in [0, 0.1) is 5.92 Å². The maximum absolute atomic E-state index is 12.0. The van der Waals surface area contributed by atoms with E-state index in [2.05, 4.69) is 24.2 Å². The van der Waals surface area contributed by atoms with Crippen LogP contribution in [0.1, 0.15) is 19.8 Å². The summed E-state index contributed by atoms with van der Waals surface area (Å²) in [5.74, 6) is 0.954. The number of likely N-dealkylation sites (tertiary alicyclic amines) is 1. The number of amides is 1. The first-order chi connectivity index (χ1) is 7.68. The van der Waals surface area contributed by atoms with E-state index in [0.29, 0.717) is 24.4 Å². The van der Waals surface area contributed by atoms with Gasteiger partial charge in [-0.2, -0.15) is 0 Å². The van der Waals surface area contributed by atoms with E-state index < -0.39 is 0 Å². The van der Waals surface area contributed by atoms with Gasteiger partial charge in [-0.15, -0.1) is 0 Å². The maximum atomic E-state index is 12.0. The smallest absolute Gasteiger partial charge is 0.236 e. The van der Waals surface area contributed by atoms with E-state index in [4.69, 9.17) is 0 Å². The van der Waals surface area contributed by atoms with Crippen molar-refractivity contribution in [2.24, 2.45) is 5.92 Å². The van der Waals surface area contributed by atoms with Crippen LogP contribution in [0.5, 0.6) is 0 Å². The summed E-state index contributed by atoms with van der Waals surface area (Å²) in [5.41, 5.74) is 0. The predicted octanol–water partition coefficient (Wildman–Crippen LogP) is 0.149. The zero-order valence-electron chi connectivity index (χ0n) is 10.4. The van der Waals surface area contributed by atoms with Crippen LogP contribution in [0.15, 0.2) is 0 Å². The van der Waals surface area contributed by atoms with Gasteiger partial charge in [0, 0.05) is 25.7 Å². The molecule has 2 aliphatic heterocycles. The van der Waals surface area contributed by atoms with Gasteiger partial charge in [0.25, 0.3) is 0 Å². The molecule has 2 fully saturated rings. The van der Waals surface area contributed by atoms with Crippen molar-refractivity contribution in [2.45, 2.75) is 25.8 Å². The second-order valence-electron chi connectivity index (χ2n) is 5.21. The average Bonchev–Trinajstić information content (AvgIpc) is 2.86. The van der Waals surface area contributed by atoms with Gasteiger partial charge in [0.2, 0.25) is 5.91 Å². The van der Waals surface area contributed by atoms with Crippen LogP contribution in [0.25, 0.3) is 0 Å². The molecule has 0 aromatic carbocycles. The molecule has 4 nitrogen and oxygen atoms in total. The molecule has 2 unspecified atom stereocenters. The minimum Gasteiger partial charge on any atom is -0.342 e. The highest BCUT2D eigenvalue weighted by Crippen LogP contribution is 2.14. The summed E-state index contributed by atoms with van der Waals surface area (Å²) < 4.78 is 0. The fourth-order valence-corrected chi connectivity index (χ4v) is 2.78. The Morgan fingerprint density at radius 3 is 2.62 bits per heavy atom. The van der Waals surface area contributed by atoms with E-state index in [1.165, 1.54) is 12.8 Å². The monoisotopic (exact) mass is 225 g/mol. The fourth-order valence-electron chi connectivity index (χ4n) is 2.78. The molecule has 92 valence electrons. The summed E-state index contributed by atoms with van der Waals surface area (Å²) in [6.45, 7) is 6.85. The van der Waals surface area contributed by atoms with E-state index in [0.717, 1.165) is 26.2 Å². The Hall–Kier alpha value is -0.610. The molecule has 4 heteroatoms. The number of nitrogens with one attached hydrogen (secondary N) is 1. The van der Waals surface area contributed by atoms with Crippen molar-refractivity contribution in [3.05, 3.63) is 0 Å². The van der Waals surface area contributed by atoms with Crippen molar-refractivity contribution in [1.29, 1.82) is 0 Å². The first-order valence-electron chi connectivity index (χ1n) is 6.37. The Bertz CT molecular complexity index is 251. The van der Waals surface area contributed by atoms with E-state index in [1.807, 2.05) is 4.90 Å². The van der Waals surface area contributed by atoms with Crippen LogP contribution in [0.3, 0.4) is 0 Å². The lowest BCUT2D eigenvalue weighted by Crippen LogP contribution is -2.44. The third-order valence-corrected chi connectivity index (χ3v) is 3.89. The van der Waals surface area contributed by atoms with Crippen LogP contribution in [-0.2, 0) is 4.79 Å². The van der Waals surface area contributed by atoms with Gasteiger partial charge in [-0.1, -0.05) is 6.92 Å². The molecular formula is C12H23N3O. The molecule has 0 bridgehead atoms. The number of nitrogens with zero attached hydrogens (tertiary/aromatic N) is 2. The lowest BCUT2D eigenvalue weighted by molar-refractivity contribution is -0.131. The van der Waals surface area contributed by atoms with Gasteiger partial charge in [-0.25, -0.2) is 0 Å². The maximum Gasteiger partial charge on any atom is 0.236 e. The van der Waals surface area contributed by atoms with Crippen LogP contribution < -0.4 is 5.32 Å². The summed E-state index contributed by atoms with van der Waals surface area (Å²) >= 11 is 0. The van der Waals surface area contributed by atoms with Gasteiger partial charge in [0.15, 0.2) is 0 Å². The lowest BCUT2D eigenvalue weighted by atomic mass is 10.1. The first-order valence-corrected chi connectivity index (χ1v) is 6.37. The van der Waals surface area contributed by atoms with Gasteiger partial charge >= 0.3 is 0 Å². The highest BCUT2D eigenvalue weighted by Gasteiger charge is 2.29. The van der Waals surface area contributed by atoms with Crippen molar-refractivity contribution >= 4 is 5.91 Å². The average molecular weight is 225 g/mol. The third kappa shape index (κ3) is 2.55. The molecule has 0 radical (unpaired) electrons. The Labute approximate surface area is 98.0 Å². The summed E-state index contributed by atoms with van der Waals surface area (Å²) in [5, 5.41) is 3.38. The van der Waals surface area contributed by atoms with Crippen LogP contribution in [-0.4, -0.2) is 61.5 Å². The molecule has 2 atom stereocenters. The van der Waals surface area contributed by atoms with E-state index in [9.17, 15) is 4.79 Å². The number of carbonyl (C=O) groups excluding carboxylic acids is 1. The topological polar surface area (TPSA) is 35.6 Å². The molecule has 0 spiro atoms. The van der Waals surface area contributed by atoms with Crippen molar-refractivity contribution in [3.63, 3.8) is 0 Å². The van der Waals surface area contributed by atoms with Gasteiger partial charge in [-0.3, -0.25) is 9.69 Å². The Morgan fingerprint density at radius 2 is 2.06 bits per heavy atom. The predicted molar refractivity (Wildman–Crippen MR) is 64.3 cm³/mol. The minimum atomic E-state index is 0.305. The number of hydrogen-bond donors (Lipinski definition) is 1. The van der Waals surface area contributed by atoms with Gasteiger partial charge in [-0.05, 0) is 32.4 Å². The van der Waals surface area contributed by atoms with Crippen molar-refractivity contribution in [3.8, 4) is 0 Å². The fraction of sp³-hybridized carbons (Fsp3) is 0.917. The zero-order chi connectivity index (χ0) is 11.5. The van der Waals surface area contributed by atoms with Crippen molar-refractivity contribution in [1.82, 2.24) is 15.1 Å². The molecule has 2 aliphatic rings. The second-order valence-corrected chi connectivity index (χ2v) is 5.21. The Kier molecular flexibility index (Phi) is 3.82.